The van der Waals surface area contributed by atoms with E-state index < -0.39 is 0 Å². The average molecular weight is 282 g/mol. The first kappa shape index (κ1) is 13.9. The molecule has 0 radical (unpaired) electrons. The SMILES string of the molecule is CCCc1[nH]c(=O)n2c(cc3cc(C)ccc32)c1CCC. The number of aromatic amines is 1. The fraction of sp³-hybridized carbons (Fsp3) is 0.389. The highest BCUT2D eigenvalue weighted by molar-refractivity contribution is 5.88. The van der Waals surface area contributed by atoms with Crippen LogP contribution in [0, 0.1) is 6.92 Å². The Morgan fingerprint density at radius 2 is 1.81 bits per heavy atom. The van der Waals surface area contributed by atoms with Crippen LogP contribution in [-0.2, 0) is 12.8 Å². The summed E-state index contributed by atoms with van der Waals surface area (Å²) in [5.41, 5.74) is 5.68. The van der Waals surface area contributed by atoms with E-state index in [0.29, 0.717) is 0 Å². The molecule has 3 heteroatoms. The summed E-state index contributed by atoms with van der Waals surface area (Å²) < 4.78 is 1.83. The van der Waals surface area contributed by atoms with Crippen LogP contribution >= 0.6 is 0 Å². The molecule has 3 aromatic rings. The van der Waals surface area contributed by atoms with Gasteiger partial charge in [0.2, 0.25) is 0 Å². The summed E-state index contributed by atoms with van der Waals surface area (Å²) in [6, 6.07) is 8.43. The normalized spacial score (nSPS) is 11.6. The fourth-order valence-electron chi connectivity index (χ4n) is 3.18. The number of H-pyrrole nitrogens is 1. The van der Waals surface area contributed by atoms with Crippen molar-refractivity contribution in [2.45, 2.75) is 46.5 Å². The third-order valence-electron chi connectivity index (χ3n) is 4.09. The molecule has 0 amide bonds. The van der Waals surface area contributed by atoms with Crippen molar-refractivity contribution < 1.29 is 0 Å². The smallest absolute Gasteiger partial charge is 0.311 e. The van der Waals surface area contributed by atoms with Gasteiger partial charge >= 0.3 is 5.69 Å². The second-order valence-electron chi connectivity index (χ2n) is 5.81. The zero-order valence-electron chi connectivity index (χ0n) is 13.0. The predicted molar refractivity (Wildman–Crippen MR) is 88.3 cm³/mol. The molecular formula is C18H22N2O. The number of fused-ring (bicyclic) bond motifs is 3. The van der Waals surface area contributed by atoms with Gasteiger partial charge in [-0.1, -0.05) is 38.3 Å². The maximum absolute atomic E-state index is 12.5. The monoisotopic (exact) mass is 282 g/mol. The highest BCUT2D eigenvalue weighted by Gasteiger charge is 2.13. The van der Waals surface area contributed by atoms with Crippen LogP contribution in [0.25, 0.3) is 16.4 Å². The van der Waals surface area contributed by atoms with Crippen molar-refractivity contribution in [1.82, 2.24) is 9.38 Å². The van der Waals surface area contributed by atoms with Crippen molar-refractivity contribution in [2.75, 3.05) is 0 Å². The van der Waals surface area contributed by atoms with E-state index in [-0.39, 0.29) is 5.69 Å². The first-order chi connectivity index (χ1) is 10.2. The Labute approximate surface area is 124 Å². The maximum Gasteiger partial charge on any atom is 0.330 e. The Balaban J connectivity index is 2.42. The number of benzene rings is 1. The molecule has 110 valence electrons. The third-order valence-corrected chi connectivity index (χ3v) is 4.09. The lowest BCUT2D eigenvalue weighted by Gasteiger charge is -2.10. The molecule has 0 fully saturated rings. The summed E-state index contributed by atoms with van der Waals surface area (Å²) in [6.45, 7) is 6.42. The van der Waals surface area contributed by atoms with Crippen molar-refractivity contribution in [3.63, 3.8) is 0 Å². The van der Waals surface area contributed by atoms with E-state index in [9.17, 15) is 4.79 Å². The molecule has 2 heterocycles. The molecule has 0 aliphatic rings. The minimum atomic E-state index is -0.0212. The summed E-state index contributed by atoms with van der Waals surface area (Å²) in [6.07, 6.45) is 4.06. The van der Waals surface area contributed by atoms with Gasteiger partial charge in [0.1, 0.15) is 0 Å². The first-order valence-corrected chi connectivity index (χ1v) is 7.81. The summed E-state index contributed by atoms with van der Waals surface area (Å²) in [4.78, 5) is 15.6. The van der Waals surface area contributed by atoms with E-state index in [2.05, 4.69) is 44.0 Å². The second-order valence-corrected chi connectivity index (χ2v) is 5.81. The number of hydrogen-bond donors (Lipinski definition) is 1. The minimum absolute atomic E-state index is 0.0212. The maximum atomic E-state index is 12.5. The predicted octanol–water partition coefficient (Wildman–Crippen LogP) is 3.99. The molecule has 0 aliphatic heterocycles. The van der Waals surface area contributed by atoms with Crippen LogP contribution in [0.5, 0.6) is 0 Å². The van der Waals surface area contributed by atoms with Gasteiger partial charge in [-0.2, -0.15) is 0 Å². The van der Waals surface area contributed by atoms with Gasteiger partial charge in [-0.15, -0.1) is 0 Å². The molecule has 21 heavy (non-hydrogen) atoms. The summed E-state index contributed by atoms with van der Waals surface area (Å²) in [7, 11) is 0. The summed E-state index contributed by atoms with van der Waals surface area (Å²) in [5, 5.41) is 1.14. The molecular weight excluding hydrogens is 260 g/mol. The molecule has 2 aromatic heterocycles. The van der Waals surface area contributed by atoms with Crippen LogP contribution in [0.15, 0.2) is 29.1 Å². The van der Waals surface area contributed by atoms with E-state index >= 15 is 0 Å². The minimum Gasteiger partial charge on any atom is -0.311 e. The third kappa shape index (κ3) is 2.27. The standard InChI is InChI=1S/C18H22N2O/c1-4-6-14-15(7-5-2)19-18(21)20-16-9-8-12(3)10-13(16)11-17(14)20/h8-11H,4-7H2,1-3H3,(H,19,21). The fourth-order valence-corrected chi connectivity index (χ4v) is 3.18. The largest absolute Gasteiger partial charge is 0.330 e. The Morgan fingerprint density at radius 1 is 1.05 bits per heavy atom. The number of aromatic nitrogens is 2. The zero-order chi connectivity index (χ0) is 15.0. The van der Waals surface area contributed by atoms with Crippen LogP contribution in [-0.4, -0.2) is 9.38 Å². The van der Waals surface area contributed by atoms with Gasteiger partial charge in [0.15, 0.2) is 0 Å². The Bertz CT molecular complexity index is 855. The molecule has 0 saturated heterocycles. The number of rotatable bonds is 4. The van der Waals surface area contributed by atoms with Crippen molar-refractivity contribution in [3.05, 3.63) is 51.6 Å². The van der Waals surface area contributed by atoms with Gasteiger partial charge in [-0.05, 0) is 43.5 Å². The summed E-state index contributed by atoms with van der Waals surface area (Å²) >= 11 is 0. The highest BCUT2D eigenvalue weighted by atomic mass is 16.1. The van der Waals surface area contributed by atoms with Crippen LogP contribution in [0.1, 0.15) is 43.5 Å². The second kappa shape index (κ2) is 5.40. The van der Waals surface area contributed by atoms with Crippen molar-refractivity contribution in [1.29, 1.82) is 0 Å². The van der Waals surface area contributed by atoms with Crippen molar-refractivity contribution in [3.8, 4) is 0 Å². The Morgan fingerprint density at radius 3 is 2.52 bits per heavy atom. The molecule has 0 unspecified atom stereocenters. The molecule has 0 aliphatic carbocycles. The summed E-state index contributed by atoms with van der Waals surface area (Å²) in [5.74, 6) is 0. The van der Waals surface area contributed by atoms with Gasteiger partial charge in [0.05, 0.1) is 11.0 Å². The number of hydrogen-bond acceptors (Lipinski definition) is 1. The quantitative estimate of drug-likeness (QED) is 0.771. The van der Waals surface area contributed by atoms with Crippen LogP contribution in [0.3, 0.4) is 0 Å². The van der Waals surface area contributed by atoms with Crippen LogP contribution in [0.2, 0.25) is 0 Å². The van der Waals surface area contributed by atoms with Gasteiger partial charge in [-0.25, -0.2) is 4.79 Å². The first-order valence-electron chi connectivity index (χ1n) is 7.81. The number of nitrogens with one attached hydrogen (secondary N) is 1. The molecule has 0 atom stereocenters. The van der Waals surface area contributed by atoms with E-state index in [1.807, 2.05) is 10.5 Å². The Hall–Kier alpha value is -2.03. The molecule has 0 spiro atoms. The Kier molecular flexibility index (Phi) is 3.58. The van der Waals surface area contributed by atoms with Gasteiger partial charge in [0, 0.05) is 11.1 Å². The lowest BCUT2D eigenvalue weighted by Crippen LogP contribution is -2.20. The zero-order valence-corrected chi connectivity index (χ0v) is 13.0. The number of nitrogens with zero attached hydrogens (tertiary/aromatic N) is 1. The lowest BCUT2D eigenvalue weighted by atomic mass is 10.0. The van der Waals surface area contributed by atoms with E-state index in [0.717, 1.165) is 47.8 Å². The van der Waals surface area contributed by atoms with Gasteiger partial charge in [0.25, 0.3) is 0 Å². The van der Waals surface area contributed by atoms with E-state index in [1.54, 1.807) is 0 Å². The lowest BCUT2D eigenvalue weighted by molar-refractivity contribution is 0.807. The molecule has 0 bridgehead atoms. The molecule has 1 aromatic carbocycles. The van der Waals surface area contributed by atoms with Crippen LogP contribution in [0.4, 0.5) is 0 Å². The van der Waals surface area contributed by atoms with Gasteiger partial charge in [-0.3, -0.25) is 4.40 Å². The highest BCUT2D eigenvalue weighted by Crippen LogP contribution is 2.24. The molecule has 3 rings (SSSR count). The molecule has 0 saturated carbocycles. The van der Waals surface area contributed by atoms with E-state index in [4.69, 9.17) is 0 Å². The van der Waals surface area contributed by atoms with E-state index in [1.165, 1.54) is 11.1 Å². The average Bonchev–Trinajstić information content (AvgIpc) is 2.82. The number of aryl methyl sites for hydroxylation is 3. The van der Waals surface area contributed by atoms with Crippen LogP contribution < -0.4 is 5.69 Å². The van der Waals surface area contributed by atoms with Crippen molar-refractivity contribution >= 4 is 16.4 Å². The molecule has 1 N–H and O–H groups in total. The van der Waals surface area contributed by atoms with Crippen molar-refractivity contribution in [2.24, 2.45) is 0 Å². The van der Waals surface area contributed by atoms with Gasteiger partial charge < -0.3 is 4.98 Å². The molecule has 3 nitrogen and oxygen atoms in total. The topological polar surface area (TPSA) is 37.3 Å².